The average Bonchev–Trinajstić information content (AvgIpc) is 2.82. The number of rotatable bonds is 11. The first-order chi connectivity index (χ1) is 16.3. The molecule has 2 aromatic carbocycles. The molecule has 1 aliphatic heterocycles. The van der Waals surface area contributed by atoms with Crippen molar-refractivity contribution >= 4 is 15.9 Å². The van der Waals surface area contributed by atoms with Gasteiger partial charge in [-0.3, -0.25) is 9.69 Å². The molecular weight excluding hydrogens is 452 g/mol. The minimum atomic E-state index is -3.79. The van der Waals surface area contributed by atoms with Crippen LogP contribution >= 0.6 is 0 Å². The summed E-state index contributed by atoms with van der Waals surface area (Å²) in [6, 6.07) is 14.7. The topological polar surface area (TPSA) is 91.0 Å². The third-order valence-electron chi connectivity index (χ3n) is 5.76. The molecule has 9 heteroatoms. The number of amides is 1. The summed E-state index contributed by atoms with van der Waals surface area (Å²) in [5.74, 6) is -0.0903. The number of benzene rings is 2. The molecule has 2 aromatic rings. The van der Waals surface area contributed by atoms with Crippen LogP contribution in [0.25, 0.3) is 0 Å². The second-order valence-electron chi connectivity index (χ2n) is 8.85. The molecule has 186 valence electrons. The molecule has 0 aliphatic carbocycles. The number of piperazine rings is 1. The molecular formula is C25H36N4O4S. The van der Waals surface area contributed by atoms with Crippen molar-refractivity contribution in [2.24, 2.45) is 0 Å². The molecule has 1 fully saturated rings. The Morgan fingerprint density at radius 3 is 2.35 bits per heavy atom. The normalized spacial score (nSPS) is 15.4. The standard InChI is InChI=1S/C25H36N4O4S/c1-20(2)27-34(31,32)24-18-22(10-11-23(24)33-3)25(30)26-12-7-13-28-14-16-29(17-15-28)19-21-8-5-4-6-9-21/h4-6,8-11,18,20,27H,7,12-17,19H2,1-3H3,(H,26,30). The minimum absolute atomic E-state index is 0.0373. The maximum Gasteiger partial charge on any atom is 0.251 e. The van der Waals surface area contributed by atoms with Gasteiger partial charge in [-0.25, -0.2) is 13.1 Å². The fourth-order valence-electron chi connectivity index (χ4n) is 4.02. The van der Waals surface area contributed by atoms with Crippen LogP contribution in [-0.4, -0.2) is 76.5 Å². The van der Waals surface area contributed by atoms with E-state index in [0.29, 0.717) is 12.1 Å². The molecule has 0 unspecified atom stereocenters. The molecule has 8 nitrogen and oxygen atoms in total. The summed E-state index contributed by atoms with van der Waals surface area (Å²) in [4.78, 5) is 17.5. The van der Waals surface area contributed by atoms with Gasteiger partial charge in [0.15, 0.2) is 0 Å². The van der Waals surface area contributed by atoms with E-state index in [1.165, 1.54) is 24.8 Å². The second-order valence-corrected chi connectivity index (χ2v) is 10.5. The molecule has 0 spiro atoms. The van der Waals surface area contributed by atoms with Gasteiger partial charge < -0.3 is 15.0 Å². The first kappa shape index (κ1) is 26.2. The van der Waals surface area contributed by atoms with Crippen LogP contribution in [0.15, 0.2) is 53.4 Å². The zero-order valence-electron chi connectivity index (χ0n) is 20.3. The van der Waals surface area contributed by atoms with E-state index in [0.717, 1.165) is 45.7 Å². The van der Waals surface area contributed by atoms with Gasteiger partial charge in [-0.15, -0.1) is 0 Å². The van der Waals surface area contributed by atoms with Crippen molar-refractivity contribution in [2.45, 2.75) is 37.8 Å². The number of hydrogen-bond donors (Lipinski definition) is 2. The number of carbonyl (C=O) groups excluding carboxylic acids is 1. The molecule has 0 bridgehead atoms. The van der Waals surface area contributed by atoms with Crippen molar-refractivity contribution in [3.05, 3.63) is 59.7 Å². The predicted octanol–water partition coefficient (Wildman–Crippen LogP) is 2.32. The van der Waals surface area contributed by atoms with Gasteiger partial charge in [0.05, 0.1) is 7.11 Å². The lowest BCUT2D eigenvalue weighted by atomic mass is 10.2. The number of nitrogens with one attached hydrogen (secondary N) is 2. The summed E-state index contributed by atoms with van der Waals surface area (Å²) in [6.45, 7) is 10.0. The highest BCUT2D eigenvalue weighted by molar-refractivity contribution is 7.89. The van der Waals surface area contributed by atoms with Crippen LogP contribution in [0.2, 0.25) is 0 Å². The Morgan fingerprint density at radius 2 is 1.71 bits per heavy atom. The number of hydrogen-bond acceptors (Lipinski definition) is 6. The van der Waals surface area contributed by atoms with Crippen molar-refractivity contribution in [2.75, 3.05) is 46.4 Å². The quantitative estimate of drug-likeness (QED) is 0.472. The predicted molar refractivity (Wildman–Crippen MR) is 134 cm³/mol. The summed E-state index contributed by atoms with van der Waals surface area (Å²) in [5, 5.41) is 2.90. The number of nitrogens with zero attached hydrogens (tertiary/aromatic N) is 2. The Labute approximate surface area is 203 Å². The molecule has 1 amide bonds. The van der Waals surface area contributed by atoms with Crippen LogP contribution in [0.1, 0.15) is 36.2 Å². The Balaban J connectivity index is 1.44. The van der Waals surface area contributed by atoms with E-state index in [9.17, 15) is 13.2 Å². The molecule has 0 saturated carbocycles. The summed E-state index contributed by atoms with van der Waals surface area (Å²) in [5.41, 5.74) is 1.63. The van der Waals surface area contributed by atoms with Crippen LogP contribution in [0, 0.1) is 0 Å². The van der Waals surface area contributed by atoms with Crippen molar-refractivity contribution in [1.82, 2.24) is 19.8 Å². The van der Waals surface area contributed by atoms with Gasteiger partial charge in [0.1, 0.15) is 10.6 Å². The van der Waals surface area contributed by atoms with E-state index in [1.54, 1.807) is 19.9 Å². The lowest BCUT2D eigenvalue weighted by molar-refractivity contribution is 0.0947. The Morgan fingerprint density at radius 1 is 1.03 bits per heavy atom. The number of carbonyl (C=O) groups is 1. The highest BCUT2D eigenvalue weighted by atomic mass is 32.2. The minimum Gasteiger partial charge on any atom is -0.495 e. The van der Waals surface area contributed by atoms with Gasteiger partial charge in [-0.1, -0.05) is 30.3 Å². The third-order valence-corrected chi connectivity index (χ3v) is 7.44. The van der Waals surface area contributed by atoms with Crippen LogP contribution < -0.4 is 14.8 Å². The van der Waals surface area contributed by atoms with Crippen molar-refractivity contribution < 1.29 is 17.9 Å². The Bertz CT molecular complexity index is 1040. The maximum atomic E-state index is 12.6. The first-order valence-corrected chi connectivity index (χ1v) is 13.2. The molecule has 1 heterocycles. The Kier molecular flexibility index (Phi) is 9.46. The van der Waals surface area contributed by atoms with Crippen molar-refractivity contribution in [3.63, 3.8) is 0 Å². The molecule has 1 saturated heterocycles. The summed E-state index contributed by atoms with van der Waals surface area (Å²) < 4.78 is 33.0. The van der Waals surface area contributed by atoms with Gasteiger partial charge in [0.2, 0.25) is 10.0 Å². The van der Waals surface area contributed by atoms with Gasteiger partial charge >= 0.3 is 0 Å². The van der Waals surface area contributed by atoms with E-state index in [2.05, 4.69) is 44.1 Å². The van der Waals surface area contributed by atoms with E-state index in [-0.39, 0.29) is 22.6 Å². The summed E-state index contributed by atoms with van der Waals surface area (Å²) in [7, 11) is -2.38. The van der Waals surface area contributed by atoms with Gasteiger partial charge in [0.25, 0.3) is 5.91 Å². The van der Waals surface area contributed by atoms with Crippen LogP contribution in [0.4, 0.5) is 0 Å². The van der Waals surface area contributed by atoms with Gasteiger partial charge in [0, 0.05) is 50.9 Å². The van der Waals surface area contributed by atoms with Crippen LogP contribution in [-0.2, 0) is 16.6 Å². The molecule has 3 rings (SSSR count). The van der Waals surface area contributed by atoms with Crippen LogP contribution in [0.3, 0.4) is 0 Å². The SMILES string of the molecule is COc1ccc(C(=O)NCCCN2CCN(Cc3ccccc3)CC2)cc1S(=O)(=O)NC(C)C. The summed E-state index contributed by atoms with van der Waals surface area (Å²) >= 11 is 0. The van der Waals surface area contributed by atoms with Gasteiger partial charge in [-0.2, -0.15) is 0 Å². The average molecular weight is 489 g/mol. The lowest BCUT2D eigenvalue weighted by Gasteiger charge is -2.34. The molecule has 34 heavy (non-hydrogen) atoms. The molecule has 1 aliphatic rings. The van der Waals surface area contributed by atoms with Crippen molar-refractivity contribution in [1.29, 1.82) is 0 Å². The highest BCUT2D eigenvalue weighted by Gasteiger charge is 2.22. The number of sulfonamides is 1. The summed E-state index contributed by atoms with van der Waals surface area (Å²) in [6.07, 6.45) is 0.834. The van der Waals surface area contributed by atoms with E-state index in [1.807, 2.05) is 6.07 Å². The van der Waals surface area contributed by atoms with E-state index >= 15 is 0 Å². The van der Waals surface area contributed by atoms with Crippen LogP contribution in [0.5, 0.6) is 5.75 Å². The van der Waals surface area contributed by atoms with E-state index in [4.69, 9.17) is 4.74 Å². The van der Waals surface area contributed by atoms with E-state index < -0.39 is 10.0 Å². The molecule has 0 aromatic heterocycles. The fourth-order valence-corrected chi connectivity index (χ4v) is 5.47. The fraction of sp³-hybridized carbons (Fsp3) is 0.480. The molecule has 0 radical (unpaired) electrons. The zero-order chi connectivity index (χ0) is 24.6. The highest BCUT2D eigenvalue weighted by Crippen LogP contribution is 2.25. The monoisotopic (exact) mass is 488 g/mol. The smallest absolute Gasteiger partial charge is 0.251 e. The zero-order valence-corrected chi connectivity index (χ0v) is 21.1. The first-order valence-electron chi connectivity index (χ1n) is 11.8. The second kappa shape index (κ2) is 12.3. The van der Waals surface area contributed by atoms with Crippen molar-refractivity contribution in [3.8, 4) is 5.75 Å². The molecule has 0 atom stereocenters. The maximum absolute atomic E-state index is 12.6. The number of methoxy groups -OCH3 is 1. The Hall–Kier alpha value is -2.46. The van der Waals surface area contributed by atoms with Gasteiger partial charge in [-0.05, 0) is 50.6 Å². The largest absolute Gasteiger partial charge is 0.495 e. The lowest BCUT2D eigenvalue weighted by Crippen LogP contribution is -2.46. The molecule has 2 N–H and O–H groups in total. The third kappa shape index (κ3) is 7.53. The number of ether oxygens (including phenoxy) is 1.